The van der Waals surface area contributed by atoms with Crippen molar-refractivity contribution in [2.24, 2.45) is 0 Å². The number of amides is 1. The number of carbonyl (C=O) groups is 2. The van der Waals surface area contributed by atoms with E-state index in [4.69, 9.17) is 5.11 Å². The van der Waals surface area contributed by atoms with Crippen LogP contribution < -0.4 is 10.2 Å². The molecule has 1 amide bonds. The summed E-state index contributed by atoms with van der Waals surface area (Å²) in [6.45, 7) is 3.47. The van der Waals surface area contributed by atoms with E-state index in [-0.39, 0.29) is 5.82 Å². The quantitative estimate of drug-likeness (QED) is 0.829. The molecule has 3 rings (SSSR count). The zero-order valence-electron chi connectivity index (χ0n) is 12.7. The Morgan fingerprint density at radius 1 is 1.22 bits per heavy atom. The third-order valence-electron chi connectivity index (χ3n) is 3.87. The smallest absolute Gasteiger partial charge is 0.394 e. The fourth-order valence-corrected chi connectivity index (χ4v) is 2.78. The first-order valence-electron chi connectivity index (χ1n) is 7.37. The maximum atomic E-state index is 11.3. The van der Waals surface area contributed by atoms with Crippen LogP contribution in [0.3, 0.4) is 0 Å². The lowest BCUT2D eigenvalue weighted by Gasteiger charge is -2.31. The number of aromatic nitrogens is 1. The van der Waals surface area contributed by atoms with Crippen LogP contribution in [0.25, 0.3) is 0 Å². The number of benzene rings is 1. The number of anilines is 2. The number of fused-ring (bicyclic) bond motifs is 1. The molecule has 118 valence electrons. The molecular formula is C17H17N3O3. The molecule has 2 N–H and O–H groups in total. The Hall–Kier alpha value is -2.89. The van der Waals surface area contributed by atoms with Crippen LogP contribution in [0, 0.1) is 6.92 Å². The number of carboxylic acid groups (broad SMARTS) is 1. The van der Waals surface area contributed by atoms with E-state index in [0.717, 1.165) is 30.9 Å². The lowest BCUT2D eigenvalue weighted by molar-refractivity contribution is -0.147. The second-order valence-electron chi connectivity index (χ2n) is 5.55. The average Bonchev–Trinajstić information content (AvgIpc) is 2.53. The minimum atomic E-state index is -1.53. The Morgan fingerprint density at radius 3 is 2.70 bits per heavy atom. The second-order valence-corrected chi connectivity index (χ2v) is 5.55. The Labute approximate surface area is 133 Å². The van der Waals surface area contributed by atoms with Crippen molar-refractivity contribution in [3.63, 3.8) is 0 Å². The van der Waals surface area contributed by atoms with Gasteiger partial charge in [-0.15, -0.1) is 0 Å². The number of hydrogen-bond acceptors (Lipinski definition) is 4. The van der Waals surface area contributed by atoms with Crippen LogP contribution >= 0.6 is 0 Å². The lowest BCUT2D eigenvalue weighted by atomic mass is 9.99. The third-order valence-corrected chi connectivity index (χ3v) is 3.87. The minimum Gasteiger partial charge on any atom is -0.474 e. The summed E-state index contributed by atoms with van der Waals surface area (Å²) in [5.41, 5.74) is 4.29. The van der Waals surface area contributed by atoms with Crippen molar-refractivity contribution in [3.05, 3.63) is 53.2 Å². The van der Waals surface area contributed by atoms with E-state index in [2.05, 4.69) is 27.3 Å². The largest absolute Gasteiger partial charge is 0.474 e. The number of nitrogens with zero attached hydrogens (tertiary/aromatic N) is 2. The number of pyridine rings is 1. The minimum absolute atomic E-state index is 0.256. The number of hydrogen-bond donors (Lipinski definition) is 2. The summed E-state index contributed by atoms with van der Waals surface area (Å²) in [5, 5.41) is 11.0. The lowest BCUT2D eigenvalue weighted by Crippen LogP contribution is -2.30. The van der Waals surface area contributed by atoms with Crippen LogP contribution in [0.1, 0.15) is 16.8 Å². The molecule has 0 bridgehead atoms. The number of rotatable bonds is 2. The van der Waals surface area contributed by atoms with Gasteiger partial charge in [0.05, 0.1) is 0 Å². The van der Waals surface area contributed by atoms with E-state index >= 15 is 0 Å². The van der Waals surface area contributed by atoms with Gasteiger partial charge in [-0.1, -0.05) is 24.3 Å². The van der Waals surface area contributed by atoms with Gasteiger partial charge in [-0.2, -0.15) is 0 Å². The van der Waals surface area contributed by atoms with Crippen LogP contribution in [0.15, 0.2) is 36.4 Å². The van der Waals surface area contributed by atoms with E-state index < -0.39 is 11.9 Å². The number of aryl methyl sites for hydroxylation is 1. The van der Waals surface area contributed by atoms with E-state index in [1.807, 2.05) is 25.1 Å². The van der Waals surface area contributed by atoms with Crippen LogP contribution in [-0.4, -0.2) is 28.5 Å². The first-order chi connectivity index (χ1) is 11.0. The monoisotopic (exact) mass is 311 g/mol. The predicted octanol–water partition coefficient (Wildman–Crippen LogP) is 1.98. The van der Waals surface area contributed by atoms with Crippen molar-refractivity contribution in [3.8, 4) is 0 Å². The zero-order chi connectivity index (χ0) is 16.4. The van der Waals surface area contributed by atoms with Crippen molar-refractivity contribution in [2.75, 3.05) is 16.8 Å². The van der Waals surface area contributed by atoms with E-state index in [1.165, 1.54) is 11.1 Å². The van der Waals surface area contributed by atoms with Gasteiger partial charge in [-0.05, 0) is 30.5 Å². The van der Waals surface area contributed by atoms with Crippen molar-refractivity contribution in [2.45, 2.75) is 19.9 Å². The molecule has 6 heteroatoms. The topological polar surface area (TPSA) is 82.5 Å². The maximum absolute atomic E-state index is 11.3. The van der Waals surface area contributed by atoms with Gasteiger partial charge in [-0.25, -0.2) is 9.78 Å². The highest BCUT2D eigenvalue weighted by Crippen LogP contribution is 2.26. The molecule has 1 aromatic heterocycles. The highest BCUT2D eigenvalue weighted by atomic mass is 16.4. The van der Waals surface area contributed by atoms with Gasteiger partial charge in [0.2, 0.25) is 0 Å². The number of carbonyl (C=O) groups excluding carboxylic acids is 1. The summed E-state index contributed by atoms with van der Waals surface area (Å²) in [5.74, 6) is -2.36. The van der Waals surface area contributed by atoms with Crippen LogP contribution in [0.2, 0.25) is 0 Å². The van der Waals surface area contributed by atoms with Gasteiger partial charge in [0, 0.05) is 30.5 Å². The molecule has 0 unspecified atom stereocenters. The Balaban J connectivity index is 1.85. The molecule has 6 nitrogen and oxygen atoms in total. The molecule has 2 aromatic rings. The van der Waals surface area contributed by atoms with Gasteiger partial charge >= 0.3 is 11.9 Å². The van der Waals surface area contributed by atoms with Crippen molar-refractivity contribution < 1.29 is 14.7 Å². The molecule has 1 aromatic carbocycles. The number of carboxylic acids is 1. The van der Waals surface area contributed by atoms with Crippen LogP contribution in [0.4, 0.5) is 11.5 Å². The standard InChI is InChI=1S/C17H17N3O3/c1-11-8-14(9-15(18-11)19-16(21)17(22)23)20-7-6-12-4-2-3-5-13(12)10-20/h2-5,8-9H,6-7,10H2,1H3,(H,22,23)(H,18,19,21). The van der Waals surface area contributed by atoms with E-state index in [0.29, 0.717) is 0 Å². The molecular weight excluding hydrogens is 294 g/mol. The Bertz CT molecular complexity index is 773. The van der Waals surface area contributed by atoms with Crippen molar-refractivity contribution in [1.82, 2.24) is 4.98 Å². The SMILES string of the molecule is Cc1cc(N2CCc3ccccc3C2)cc(NC(=O)C(=O)O)n1. The normalized spacial score (nSPS) is 13.3. The molecule has 1 aliphatic heterocycles. The fourth-order valence-electron chi connectivity index (χ4n) is 2.78. The predicted molar refractivity (Wildman–Crippen MR) is 86.4 cm³/mol. The molecule has 0 radical (unpaired) electrons. The molecule has 2 heterocycles. The third kappa shape index (κ3) is 3.31. The molecule has 0 atom stereocenters. The molecule has 1 aliphatic rings. The summed E-state index contributed by atoms with van der Waals surface area (Å²) >= 11 is 0. The van der Waals surface area contributed by atoms with Crippen LogP contribution in [-0.2, 0) is 22.6 Å². The van der Waals surface area contributed by atoms with Crippen molar-refractivity contribution in [1.29, 1.82) is 0 Å². The van der Waals surface area contributed by atoms with Gasteiger partial charge in [0.25, 0.3) is 0 Å². The summed E-state index contributed by atoms with van der Waals surface area (Å²) in [6, 6.07) is 12.0. The molecule has 0 aliphatic carbocycles. The summed E-state index contributed by atoms with van der Waals surface area (Å²) in [6.07, 6.45) is 0.953. The molecule has 0 saturated carbocycles. The molecule has 0 fully saturated rings. The van der Waals surface area contributed by atoms with Crippen molar-refractivity contribution >= 4 is 23.4 Å². The van der Waals surface area contributed by atoms with Gasteiger partial charge in [0.1, 0.15) is 5.82 Å². The highest BCUT2D eigenvalue weighted by molar-refractivity contribution is 6.36. The first kappa shape index (κ1) is 15.0. The Morgan fingerprint density at radius 2 is 1.96 bits per heavy atom. The summed E-state index contributed by atoms with van der Waals surface area (Å²) in [7, 11) is 0. The van der Waals surface area contributed by atoms with Crippen LogP contribution in [0.5, 0.6) is 0 Å². The summed E-state index contributed by atoms with van der Waals surface area (Å²) < 4.78 is 0. The Kier molecular flexibility index (Phi) is 3.97. The van der Waals surface area contributed by atoms with E-state index in [1.54, 1.807) is 6.07 Å². The maximum Gasteiger partial charge on any atom is 0.394 e. The van der Waals surface area contributed by atoms with E-state index in [9.17, 15) is 9.59 Å². The molecule has 0 spiro atoms. The van der Waals surface area contributed by atoms with Gasteiger partial charge < -0.3 is 15.3 Å². The molecule has 23 heavy (non-hydrogen) atoms. The number of aliphatic carboxylic acids is 1. The summed E-state index contributed by atoms with van der Waals surface area (Å²) in [4.78, 5) is 28.3. The molecule has 0 saturated heterocycles. The second kappa shape index (κ2) is 6.08. The zero-order valence-corrected chi connectivity index (χ0v) is 12.7. The van der Waals surface area contributed by atoms with Gasteiger partial charge in [-0.3, -0.25) is 4.79 Å². The number of nitrogens with one attached hydrogen (secondary N) is 1. The average molecular weight is 311 g/mol. The van der Waals surface area contributed by atoms with Gasteiger partial charge in [0.15, 0.2) is 0 Å². The highest BCUT2D eigenvalue weighted by Gasteiger charge is 2.18. The fraction of sp³-hybridized carbons (Fsp3) is 0.235. The first-order valence-corrected chi connectivity index (χ1v) is 7.37.